The Morgan fingerprint density at radius 1 is 1.03 bits per heavy atom. The van der Waals surface area contributed by atoms with Crippen molar-refractivity contribution in [2.75, 3.05) is 26.1 Å². The van der Waals surface area contributed by atoms with E-state index in [1.54, 1.807) is 7.11 Å². The van der Waals surface area contributed by atoms with E-state index in [2.05, 4.69) is 11.4 Å². The molecule has 0 amide bonds. The molecule has 2 aliphatic rings. The zero-order chi connectivity index (χ0) is 22.1. The minimum atomic E-state index is -0.318. The first-order chi connectivity index (χ1) is 14.9. The molecule has 1 heterocycles. The summed E-state index contributed by atoms with van der Waals surface area (Å²) in [5.41, 5.74) is 6.31. The number of hydrogen-bond donors (Lipinski definition) is 1. The van der Waals surface area contributed by atoms with Crippen molar-refractivity contribution in [2.45, 2.75) is 31.6 Å². The summed E-state index contributed by atoms with van der Waals surface area (Å²) >= 11 is 0. The lowest BCUT2D eigenvalue weighted by molar-refractivity contribution is -0.116. The predicted molar refractivity (Wildman–Crippen MR) is 122 cm³/mol. The normalized spacial score (nSPS) is 20.7. The number of rotatable bonds is 4. The number of methoxy groups -OCH3 is 1. The van der Waals surface area contributed by atoms with Crippen LogP contribution in [0, 0.1) is 11.3 Å². The molecule has 2 aromatic rings. The molecule has 0 unspecified atom stereocenters. The van der Waals surface area contributed by atoms with Crippen LogP contribution in [0.1, 0.15) is 42.7 Å². The van der Waals surface area contributed by atoms with Crippen LogP contribution < -0.4 is 15.0 Å². The third kappa shape index (κ3) is 3.82. The summed E-state index contributed by atoms with van der Waals surface area (Å²) in [7, 11) is 5.64. The summed E-state index contributed by atoms with van der Waals surface area (Å²) in [6.07, 6.45) is 1.19. The van der Waals surface area contributed by atoms with E-state index in [0.29, 0.717) is 12.0 Å². The molecular formula is C26H27N3O2. The van der Waals surface area contributed by atoms with E-state index in [0.717, 1.165) is 46.0 Å². The maximum Gasteiger partial charge on any atom is 0.162 e. The number of hydrogen-bond acceptors (Lipinski definition) is 5. The maximum atomic E-state index is 13.4. The SMILES string of the molecule is COc1ccc([C@H]2CC(=O)C3=C(C2)NC(C)=C(C#N)[C@@H]3c2ccc(N(C)C)cc2)cc1. The van der Waals surface area contributed by atoms with Gasteiger partial charge in [-0.3, -0.25) is 4.79 Å². The maximum absolute atomic E-state index is 13.4. The van der Waals surface area contributed by atoms with Crippen LogP contribution in [0.4, 0.5) is 5.69 Å². The summed E-state index contributed by atoms with van der Waals surface area (Å²) in [6, 6.07) is 18.4. The number of nitrogens with zero attached hydrogens (tertiary/aromatic N) is 2. The predicted octanol–water partition coefficient (Wildman–Crippen LogP) is 4.65. The van der Waals surface area contributed by atoms with Gasteiger partial charge in [0.1, 0.15) is 5.75 Å². The van der Waals surface area contributed by atoms with E-state index in [1.807, 2.05) is 74.4 Å². The van der Waals surface area contributed by atoms with Gasteiger partial charge >= 0.3 is 0 Å². The first-order valence-corrected chi connectivity index (χ1v) is 10.5. The lowest BCUT2D eigenvalue weighted by Crippen LogP contribution is -2.33. The monoisotopic (exact) mass is 413 g/mol. The molecule has 5 heteroatoms. The topological polar surface area (TPSA) is 65.4 Å². The van der Waals surface area contributed by atoms with Crippen molar-refractivity contribution in [1.29, 1.82) is 5.26 Å². The van der Waals surface area contributed by atoms with Crippen molar-refractivity contribution in [3.8, 4) is 11.8 Å². The van der Waals surface area contributed by atoms with Gasteiger partial charge in [0.2, 0.25) is 0 Å². The number of carbonyl (C=O) groups is 1. The van der Waals surface area contributed by atoms with Crippen LogP contribution in [-0.2, 0) is 4.79 Å². The summed E-state index contributed by atoms with van der Waals surface area (Å²) in [5, 5.41) is 13.3. The lowest BCUT2D eigenvalue weighted by Gasteiger charge is -2.35. The Hall–Kier alpha value is -3.52. The molecule has 0 saturated heterocycles. The Morgan fingerprint density at radius 2 is 1.68 bits per heavy atom. The molecule has 2 atom stereocenters. The number of ketones is 1. The van der Waals surface area contributed by atoms with Crippen LogP contribution in [0.15, 0.2) is 71.1 Å². The summed E-state index contributed by atoms with van der Waals surface area (Å²) in [6.45, 7) is 1.92. The summed E-state index contributed by atoms with van der Waals surface area (Å²) in [4.78, 5) is 15.4. The van der Waals surface area contributed by atoms with Crippen molar-refractivity contribution in [1.82, 2.24) is 5.32 Å². The fraction of sp³-hybridized carbons (Fsp3) is 0.308. The van der Waals surface area contributed by atoms with Gasteiger partial charge < -0.3 is 15.0 Å². The second kappa shape index (κ2) is 8.31. The highest BCUT2D eigenvalue weighted by molar-refractivity contribution is 6.00. The Balaban J connectivity index is 1.72. The molecule has 0 radical (unpaired) electrons. The Morgan fingerprint density at radius 3 is 2.26 bits per heavy atom. The number of allylic oxidation sites excluding steroid dienone is 4. The van der Waals surface area contributed by atoms with Gasteiger partial charge in [-0.05, 0) is 54.7 Å². The summed E-state index contributed by atoms with van der Waals surface area (Å²) in [5.74, 6) is 0.705. The average molecular weight is 414 g/mol. The number of carbonyl (C=O) groups excluding carboxylic acids is 1. The van der Waals surface area contributed by atoms with E-state index < -0.39 is 0 Å². The van der Waals surface area contributed by atoms with Crippen molar-refractivity contribution in [3.05, 3.63) is 82.2 Å². The van der Waals surface area contributed by atoms with Crippen LogP contribution >= 0.6 is 0 Å². The first kappa shape index (κ1) is 20.7. The largest absolute Gasteiger partial charge is 0.497 e. The van der Waals surface area contributed by atoms with E-state index >= 15 is 0 Å². The van der Waals surface area contributed by atoms with Gasteiger partial charge in [-0.2, -0.15) is 5.26 Å². The van der Waals surface area contributed by atoms with Crippen LogP contribution in [0.3, 0.4) is 0 Å². The van der Waals surface area contributed by atoms with Gasteiger partial charge in [-0.15, -0.1) is 0 Å². The highest BCUT2D eigenvalue weighted by atomic mass is 16.5. The summed E-state index contributed by atoms with van der Waals surface area (Å²) < 4.78 is 5.26. The van der Waals surface area contributed by atoms with Crippen LogP contribution in [-0.4, -0.2) is 27.0 Å². The van der Waals surface area contributed by atoms with Crippen molar-refractivity contribution in [2.24, 2.45) is 0 Å². The molecule has 4 rings (SSSR count). The number of benzene rings is 2. The molecule has 0 saturated carbocycles. The van der Waals surface area contributed by atoms with Crippen molar-refractivity contribution < 1.29 is 9.53 Å². The molecule has 31 heavy (non-hydrogen) atoms. The molecule has 0 aromatic heterocycles. The van der Waals surface area contributed by atoms with Gasteiger partial charge in [0.15, 0.2) is 5.78 Å². The van der Waals surface area contributed by atoms with Gasteiger partial charge in [0.25, 0.3) is 0 Å². The lowest BCUT2D eigenvalue weighted by atomic mass is 9.72. The second-order valence-corrected chi connectivity index (χ2v) is 8.39. The van der Waals surface area contributed by atoms with Gasteiger partial charge in [-0.1, -0.05) is 24.3 Å². The van der Waals surface area contributed by atoms with Gasteiger partial charge in [0, 0.05) is 43.2 Å². The molecule has 1 aliphatic carbocycles. The second-order valence-electron chi connectivity index (χ2n) is 8.39. The minimum absolute atomic E-state index is 0.108. The van der Waals surface area contributed by atoms with E-state index in [4.69, 9.17) is 4.74 Å². The van der Waals surface area contributed by atoms with Crippen molar-refractivity contribution >= 4 is 11.5 Å². The van der Waals surface area contributed by atoms with Gasteiger partial charge in [0.05, 0.1) is 24.7 Å². The highest BCUT2D eigenvalue weighted by Gasteiger charge is 2.38. The fourth-order valence-corrected chi connectivity index (χ4v) is 4.60. The van der Waals surface area contributed by atoms with Gasteiger partial charge in [-0.25, -0.2) is 0 Å². The van der Waals surface area contributed by atoms with E-state index in [-0.39, 0.29) is 17.6 Å². The molecule has 0 fully saturated rings. The zero-order valence-corrected chi connectivity index (χ0v) is 18.4. The fourth-order valence-electron chi connectivity index (χ4n) is 4.60. The number of anilines is 1. The number of nitrogens with one attached hydrogen (secondary N) is 1. The molecular weight excluding hydrogens is 386 g/mol. The number of nitriles is 1. The molecule has 0 bridgehead atoms. The van der Waals surface area contributed by atoms with Crippen molar-refractivity contribution in [3.63, 3.8) is 0 Å². The third-order valence-corrected chi connectivity index (χ3v) is 6.28. The number of ether oxygens (including phenoxy) is 1. The Bertz CT molecular complexity index is 1100. The Kier molecular flexibility index (Phi) is 5.56. The molecule has 5 nitrogen and oxygen atoms in total. The molecule has 158 valence electrons. The molecule has 2 aromatic carbocycles. The van der Waals surface area contributed by atoms with Crippen LogP contribution in [0.5, 0.6) is 5.75 Å². The average Bonchev–Trinajstić information content (AvgIpc) is 2.78. The molecule has 1 aliphatic heterocycles. The molecule has 1 N–H and O–H groups in total. The van der Waals surface area contributed by atoms with Crippen LogP contribution in [0.25, 0.3) is 0 Å². The Labute approximate surface area is 183 Å². The van der Waals surface area contributed by atoms with Crippen LogP contribution in [0.2, 0.25) is 0 Å². The number of dihydropyridines is 1. The van der Waals surface area contributed by atoms with E-state index in [1.165, 1.54) is 0 Å². The molecule has 0 spiro atoms. The quantitative estimate of drug-likeness (QED) is 0.791. The first-order valence-electron chi connectivity index (χ1n) is 10.5. The minimum Gasteiger partial charge on any atom is -0.497 e. The third-order valence-electron chi connectivity index (χ3n) is 6.28. The highest BCUT2D eigenvalue weighted by Crippen LogP contribution is 2.45. The number of Topliss-reactive ketones (excluding diaryl/α,β-unsaturated/α-hetero) is 1. The van der Waals surface area contributed by atoms with E-state index in [9.17, 15) is 10.1 Å². The standard InChI is InChI=1S/C26H27N3O2/c1-16-22(15-27)25(18-5-9-20(10-6-18)29(2)3)26-23(28-16)13-19(14-24(26)30)17-7-11-21(31-4)12-8-17/h5-12,19,25,28H,13-14H2,1-4H3/t19-,25+/m1/s1. The smallest absolute Gasteiger partial charge is 0.162 e. The zero-order valence-electron chi connectivity index (χ0n) is 18.4.